The van der Waals surface area contributed by atoms with Gasteiger partial charge in [-0.2, -0.15) is 0 Å². The smallest absolute Gasteiger partial charge is 0.269 e. The van der Waals surface area contributed by atoms with E-state index in [4.69, 9.17) is 0 Å². The van der Waals surface area contributed by atoms with Gasteiger partial charge in [-0.3, -0.25) is 10.1 Å². The van der Waals surface area contributed by atoms with E-state index in [1.54, 1.807) is 12.1 Å². The molecular formula is C23H24N2O3. The van der Waals surface area contributed by atoms with E-state index in [9.17, 15) is 15.2 Å². The summed E-state index contributed by atoms with van der Waals surface area (Å²) in [5.74, 6) is 0. The van der Waals surface area contributed by atoms with Gasteiger partial charge in [0.05, 0.1) is 17.1 Å². The van der Waals surface area contributed by atoms with Gasteiger partial charge in [-0.25, -0.2) is 0 Å². The van der Waals surface area contributed by atoms with Crippen LogP contribution in [-0.2, 0) is 0 Å². The summed E-state index contributed by atoms with van der Waals surface area (Å²) >= 11 is 0. The number of aliphatic hydroxyl groups is 1. The second kappa shape index (κ2) is 8.67. The fourth-order valence-corrected chi connectivity index (χ4v) is 3.11. The lowest BCUT2D eigenvalue weighted by molar-refractivity contribution is -0.384. The fraction of sp³-hybridized carbons (Fsp3) is 0.217. The fourth-order valence-electron chi connectivity index (χ4n) is 3.11. The van der Waals surface area contributed by atoms with Crippen molar-refractivity contribution in [3.05, 3.63) is 105 Å². The summed E-state index contributed by atoms with van der Waals surface area (Å²) in [7, 11) is 0. The molecule has 0 saturated heterocycles. The van der Waals surface area contributed by atoms with Crippen molar-refractivity contribution in [1.29, 1.82) is 0 Å². The van der Waals surface area contributed by atoms with Crippen LogP contribution in [0.15, 0.2) is 72.8 Å². The first kappa shape index (κ1) is 19.6. The van der Waals surface area contributed by atoms with Gasteiger partial charge in [-0.15, -0.1) is 0 Å². The van der Waals surface area contributed by atoms with E-state index in [2.05, 4.69) is 5.32 Å². The van der Waals surface area contributed by atoms with Gasteiger partial charge in [0.25, 0.3) is 5.69 Å². The van der Waals surface area contributed by atoms with Crippen LogP contribution in [0.1, 0.15) is 40.8 Å². The van der Waals surface area contributed by atoms with Crippen LogP contribution in [0.3, 0.4) is 0 Å². The number of benzene rings is 3. The molecule has 144 valence electrons. The zero-order chi connectivity index (χ0) is 20.1. The third kappa shape index (κ3) is 4.96. The van der Waals surface area contributed by atoms with Gasteiger partial charge in [0.1, 0.15) is 0 Å². The predicted molar refractivity (Wildman–Crippen MR) is 111 cm³/mol. The van der Waals surface area contributed by atoms with Crippen molar-refractivity contribution in [2.45, 2.75) is 32.4 Å². The van der Waals surface area contributed by atoms with Crippen LogP contribution in [-0.4, -0.2) is 10.0 Å². The number of nitrogens with one attached hydrogen (secondary N) is 1. The Balaban J connectivity index is 1.83. The molecule has 5 nitrogen and oxygen atoms in total. The molecule has 3 rings (SSSR count). The molecule has 0 aromatic heterocycles. The standard InChI is InChI=1S/C23H24N2O3/c1-16-3-7-18(8-4-16)22(15-23(26)19-9-5-17(2)6-10-19)24-20-11-13-21(14-12-20)25(27)28/h3-14,22-24,26H,15H2,1-2H3. The lowest BCUT2D eigenvalue weighted by atomic mass is 9.95. The molecule has 0 radical (unpaired) electrons. The van der Waals surface area contributed by atoms with E-state index < -0.39 is 11.0 Å². The Hall–Kier alpha value is -3.18. The van der Waals surface area contributed by atoms with Gasteiger partial charge in [-0.1, -0.05) is 59.7 Å². The molecule has 5 heteroatoms. The van der Waals surface area contributed by atoms with Crippen molar-refractivity contribution in [3.63, 3.8) is 0 Å². The minimum absolute atomic E-state index is 0.0529. The molecule has 2 N–H and O–H groups in total. The molecule has 0 spiro atoms. The van der Waals surface area contributed by atoms with Crippen molar-refractivity contribution < 1.29 is 10.0 Å². The first-order valence-corrected chi connectivity index (χ1v) is 9.24. The van der Waals surface area contributed by atoms with Crippen molar-refractivity contribution in [1.82, 2.24) is 0 Å². The quantitative estimate of drug-likeness (QED) is 0.422. The minimum atomic E-state index is -0.627. The van der Waals surface area contributed by atoms with E-state index >= 15 is 0 Å². The zero-order valence-corrected chi connectivity index (χ0v) is 16.0. The van der Waals surface area contributed by atoms with Crippen molar-refractivity contribution in [3.8, 4) is 0 Å². The summed E-state index contributed by atoms with van der Waals surface area (Å²) in [6.07, 6.45) is -0.152. The highest BCUT2D eigenvalue weighted by molar-refractivity contribution is 5.50. The Morgan fingerprint density at radius 1 is 0.857 bits per heavy atom. The minimum Gasteiger partial charge on any atom is -0.388 e. The summed E-state index contributed by atoms with van der Waals surface area (Å²) < 4.78 is 0. The molecule has 0 bridgehead atoms. The summed E-state index contributed by atoms with van der Waals surface area (Å²) in [5, 5.41) is 25.0. The molecular weight excluding hydrogens is 352 g/mol. The predicted octanol–water partition coefficient (Wildman–Crippen LogP) is 5.49. The van der Waals surface area contributed by atoms with Gasteiger partial charge in [0.2, 0.25) is 0 Å². The molecule has 0 aliphatic carbocycles. The monoisotopic (exact) mass is 376 g/mol. The Bertz CT molecular complexity index is 920. The number of hydrogen-bond acceptors (Lipinski definition) is 4. The maximum atomic E-state index is 10.9. The number of aliphatic hydroxyl groups excluding tert-OH is 1. The molecule has 28 heavy (non-hydrogen) atoms. The molecule has 0 saturated carbocycles. The number of non-ortho nitro benzene ring substituents is 1. The number of aryl methyl sites for hydroxylation is 2. The highest BCUT2D eigenvalue weighted by Gasteiger charge is 2.18. The van der Waals surface area contributed by atoms with Crippen LogP contribution in [0.4, 0.5) is 11.4 Å². The zero-order valence-electron chi connectivity index (χ0n) is 16.0. The van der Waals surface area contributed by atoms with E-state index in [1.165, 1.54) is 12.1 Å². The third-order valence-electron chi connectivity index (χ3n) is 4.82. The Kier molecular flexibility index (Phi) is 6.06. The first-order valence-electron chi connectivity index (χ1n) is 9.24. The van der Waals surface area contributed by atoms with Crippen LogP contribution < -0.4 is 5.32 Å². The van der Waals surface area contributed by atoms with Gasteiger partial charge in [0, 0.05) is 24.2 Å². The molecule has 0 aliphatic rings. The SMILES string of the molecule is Cc1ccc(C(O)CC(Nc2ccc([N+](=O)[O-])cc2)c2ccc(C)cc2)cc1. The third-order valence-corrected chi connectivity index (χ3v) is 4.82. The molecule has 0 heterocycles. The van der Waals surface area contributed by atoms with Gasteiger partial charge in [-0.05, 0) is 37.1 Å². The second-order valence-electron chi connectivity index (χ2n) is 7.07. The largest absolute Gasteiger partial charge is 0.388 e. The average Bonchev–Trinajstić information content (AvgIpc) is 2.69. The van der Waals surface area contributed by atoms with Crippen molar-refractivity contribution >= 4 is 11.4 Å². The van der Waals surface area contributed by atoms with Gasteiger partial charge in [0.15, 0.2) is 0 Å². The van der Waals surface area contributed by atoms with Crippen molar-refractivity contribution in [2.75, 3.05) is 5.32 Å². The topological polar surface area (TPSA) is 75.4 Å². The molecule has 0 fully saturated rings. The summed E-state index contributed by atoms with van der Waals surface area (Å²) in [5.41, 5.74) is 5.06. The summed E-state index contributed by atoms with van der Waals surface area (Å²) in [6, 6.07) is 22.2. The number of hydrogen-bond donors (Lipinski definition) is 2. The van der Waals surface area contributed by atoms with Crippen LogP contribution in [0, 0.1) is 24.0 Å². The Labute approximate surface area is 164 Å². The Morgan fingerprint density at radius 3 is 1.86 bits per heavy atom. The molecule has 2 atom stereocenters. The number of rotatable bonds is 7. The average molecular weight is 376 g/mol. The highest BCUT2D eigenvalue weighted by atomic mass is 16.6. The first-order chi connectivity index (χ1) is 13.4. The van der Waals surface area contributed by atoms with Gasteiger partial charge < -0.3 is 10.4 Å². The Morgan fingerprint density at radius 2 is 1.36 bits per heavy atom. The number of anilines is 1. The maximum absolute atomic E-state index is 10.9. The van der Waals surface area contributed by atoms with Gasteiger partial charge >= 0.3 is 0 Å². The van der Waals surface area contributed by atoms with Crippen LogP contribution >= 0.6 is 0 Å². The lowest BCUT2D eigenvalue weighted by Crippen LogP contribution is -2.15. The summed E-state index contributed by atoms with van der Waals surface area (Å²) in [4.78, 5) is 10.5. The highest BCUT2D eigenvalue weighted by Crippen LogP contribution is 2.30. The normalized spacial score (nSPS) is 13.0. The second-order valence-corrected chi connectivity index (χ2v) is 7.07. The molecule has 0 aliphatic heterocycles. The lowest BCUT2D eigenvalue weighted by Gasteiger charge is -2.24. The van der Waals surface area contributed by atoms with Crippen molar-refractivity contribution in [2.24, 2.45) is 0 Å². The van der Waals surface area contributed by atoms with E-state index in [1.807, 2.05) is 62.4 Å². The van der Waals surface area contributed by atoms with E-state index in [0.29, 0.717) is 6.42 Å². The molecule has 3 aromatic rings. The molecule has 0 amide bonds. The number of nitrogens with zero attached hydrogens (tertiary/aromatic N) is 1. The number of nitro groups is 1. The van der Waals surface area contributed by atoms with Crippen LogP contribution in [0.2, 0.25) is 0 Å². The number of nitro benzene ring substituents is 1. The summed E-state index contributed by atoms with van der Waals surface area (Å²) in [6.45, 7) is 4.05. The molecule has 3 aromatic carbocycles. The van der Waals surface area contributed by atoms with E-state index in [-0.39, 0.29) is 11.7 Å². The van der Waals surface area contributed by atoms with E-state index in [0.717, 1.165) is 27.9 Å². The van der Waals surface area contributed by atoms with Crippen LogP contribution in [0.25, 0.3) is 0 Å². The maximum Gasteiger partial charge on any atom is 0.269 e. The molecule has 2 unspecified atom stereocenters. The van der Waals surface area contributed by atoms with Crippen LogP contribution in [0.5, 0.6) is 0 Å².